The van der Waals surface area contributed by atoms with E-state index < -0.39 is 35.7 Å². The number of benzene rings is 1. The van der Waals surface area contributed by atoms with E-state index in [4.69, 9.17) is 9.47 Å². The van der Waals surface area contributed by atoms with Crippen molar-refractivity contribution in [3.8, 4) is 0 Å². The molecule has 1 fully saturated rings. The molecule has 7 heteroatoms. The molecule has 0 saturated carbocycles. The van der Waals surface area contributed by atoms with Gasteiger partial charge in [-0.15, -0.1) is 0 Å². The van der Waals surface area contributed by atoms with Crippen LogP contribution in [0.15, 0.2) is 42.5 Å². The molecule has 1 aromatic carbocycles. The fraction of sp³-hybridized carbons (Fsp3) is 0.421. The number of rotatable bonds is 3. The molecule has 1 amide bonds. The first-order valence-electron chi connectivity index (χ1n) is 8.39. The first-order valence-corrected chi connectivity index (χ1v) is 8.39. The number of allylic oxidation sites excluding steroid dienone is 1. The second-order valence-electron chi connectivity index (χ2n) is 6.65. The number of carbonyl (C=O) groups is 3. The van der Waals surface area contributed by atoms with Crippen LogP contribution in [0, 0.1) is 5.92 Å². The van der Waals surface area contributed by atoms with E-state index in [1.54, 1.807) is 19.1 Å². The average Bonchev–Trinajstić information content (AvgIpc) is 2.97. The first-order chi connectivity index (χ1) is 12.4. The zero-order chi connectivity index (χ0) is 18.9. The van der Waals surface area contributed by atoms with E-state index in [1.165, 1.54) is 19.3 Å². The molecule has 1 heterocycles. The van der Waals surface area contributed by atoms with Crippen LogP contribution in [-0.4, -0.2) is 52.6 Å². The van der Waals surface area contributed by atoms with E-state index in [-0.39, 0.29) is 18.8 Å². The molecule has 1 saturated heterocycles. The molecule has 138 valence electrons. The number of hydrogen-bond acceptors (Lipinski definition) is 6. The van der Waals surface area contributed by atoms with Gasteiger partial charge in [-0.2, -0.15) is 0 Å². The minimum atomic E-state index is -1.47. The maximum atomic E-state index is 12.7. The van der Waals surface area contributed by atoms with Gasteiger partial charge in [0.05, 0.1) is 13.2 Å². The molecule has 0 spiro atoms. The van der Waals surface area contributed by atoms with Crippen molar-refractivity contribution in [1.82, 2.24) is 4.90 Å². The maximum absolute atomic E-state index is 12.7. The number of carbonyl (C=O) groups excluding carboxylic acids is 3. The Hall–Kier alpha value is -2.67. The normalized spacial score (nSPS) is 30.0. The lowest BCUT2D eigenvalue weighted by Crippen LogP contribution is -2.55. The standard InChI is InChI=1S/C19H21NO6/c1-12-15(21)8-9-19(24)10-14(17(22)25-2)20(16(12)19)18(23)26-11-13-6-4-3-5-7-13/h3-9,12,14,16,24H,10-11H2,1-2H3/t12-,14-,16+,19-/m0/s1. The quantitative estimate of drug-likeness (QED) is 0.821. The lowest BCUT2D eigenvalue weighted by atomic mass is 9.78. The zero-order valence-corrected chi connectivity index (χ0v) is 14.6. The summed E-state index contributed by atoms with van der Waals surface area (Å²) >= 11 is 0. The highest BCUT2D eigenvalue weighted by Gasteiger charge is 2.59. The molecule has 0 bridgehead atoms. The molecule has 3 rings (SSSR count). The fourth-order valence-electron chi connectivity index (χ4n) is 3.71. The van der Waals surface area contributed by atoms with Crippen LogP contribution < -0.4 is 0 Å². The van der Waals surface area contributed by atoms with E-state index in [2.05, 4.69) is 0 Å². The smallest absolute Gasteiger partial charge is 0.411 e. The van der Waals surface area contributed by atoms with Gasteiger partial charge in [-0.25, -0.2) is 9.59 Å². The van der Waals surface area contributed by atoms with Crippen LogP contribution in [0.5, 0.6) is 0 Å². The Bertz CT molecular complexity index is 746. The van der Waals surface area contributed by atoms with Crippen molar-refractivity contribution in [3.63, 3.8) is 0 Å². The molecule has 1 N–H and O–H groups in total. The first kappa shape index (κ1) is 18.1. The van der Waals surface area contributed by atoms with E-state index in [9.17, 15) is 19.5 Å². The lowest BCUT2D eigenvalue weighted by Gasteiger charge is -2.37. The molecular formula is C19H21NO6. The Labute approximate surface area is 151 Å². The lowest BCUT2D eigenvalue weighted by molar-refractivity contribution is -0.146. The van der Waals surface area contributed by atoms with Crippen LogP contribution in [0.25, 0.3) is 0 Å². The summed E-state index contributed by atoms with van der Waals surface area (Å²) in [6, 6.07) is 7.20. The number of amides is 1. The highest BCUT2D eigenvalue weighted by Crippen LogP contribution is 2.42. The van der Waals surface area contributed by atoms with E-state index in [0.29, 0.717) is 0 Å². The Kier molecular flexibility index (Phi) is 4.82. The second-order valence-corrected chi connectivity index (χ2v) is 6.65. The van der Waals surface area contributed by atoms with E-state index in [1.807, 2.05) is 18.2 Å². The van der Waals surface area contributed by atoms with Gasteiger partial charge in [0.15, 0.2) is 5.78 Å². The summed E-state index contributed by atoms with van der Waals surface area (Å²) in [6.07, 6.45) is 1.85. The Morgan fingerprint density at radius 2 is 2.00 bits per heavy atom. The third-order valence-corrected chi connectivity index (χ3v) is 5.02. The summed E-state index contributed by atoms with van der Waals surface area (Å²) in [5.74, 6) is -1.53. The van der Waals surface area contributed by atoms with Crippen LogP contribution in [0.4, 0.5) is 4.79 Å². The number of ether oxygens (including phenoxy) is 2. The molecule has 26 heavy (non-hydrogen) atoms. The van der Waals surface area contributed by atoms with Crippen LogP contribution in [0.1, 0.15) is 18.9 Å². The van der Waals surface area contributed by atoms with Gasteiger partial charge in [-0.1, -0.05) is 37.3 Å². The van der Waals surface area contributed by atoms with Crippen molar-refractivity contribution in [2.75, 3.05) is 7.11 Å². The molecule has 0 aromatic heterocycles. The van der Waals surface area contributed by atoms with Crippen molar-refractivity contribution < 1.29 is 29.0 Å². The molecule has 1 aromatic rings. The van der Waals surface area contributed by atoms with Gasteiger partial charge in [0.25, 0.3) is 0 Å². The van der Waals surface area contributed by atoms with Gasteiger partial charge in [-0.05, 0) is 17.7 Å². The predicted molar refractivity (Wildman–Crippen MR) is 90.9 cm³/mol. The van der Waals surface area contributed by atoms with Crippen LogP contribution >= 0.6 is 0 Å². The summed E-state index contributed by atoms with van der Waals surface area (Å²) in [4.78, 5) is 38.2. The van der Waals surface area contributed by atoms with Crippen LogP contribution in [0.3, 0.4) is 0 Å². The van der Waals surface area contributed by atoms with Crippen LogP contribution in [0.2, 0.25) is 0 Å². The number of fused-ring (bicyclic) bond motifs is 1. The number of likely N-dealkylation sites (tertiary alicyclic amines) is 1. The largest absolute Gasteiger partial charge is 0.467 e. The minimum Gasteiger partial charge on any atom is -0.467 e. The predicted octanol–water partition coefficient (Wildman–Crippen LogP) is 1.45. The maximum Gasteiger partial charge on any atom is 0.411 e. The van der Waals surface area contributed by atoms with E-state index >= 15 is 0 Å². The van der Waals surface area contributed by atoms with Crippen molar-refractivity contribution in [1.29, 1.82) is 0 Å². The topological polar surface area (TPSA) is 93.1 Å². The van der Waals surface area contributed by atoms with Crippen LogP contribution in [-0.2, 0) is 25.7 Å². The van der Waals surface area contributed by atoms with Crippen molar-refractivity contribution >= 4 is 17.8 Å². The molecule has 0 unspecified atom stereocenters. The molecule has 0 radical (unpaired) electrons. The third kappa shape index (κ3) is 3.10. The van der Waals surface area contributed by atoms with Gasteiger partial charge >= 0.3 is 12.1 Å². The molecule has 1 aliphatic carbocycles. The number of esters is 1. The minimum absolute atomic E-state index is 0.0212. The highest BCUT2D eigenvalue weighted by atomic mass is 16.6. The summed E-state index contributed by atoms with van der Waals surface area (Å²) < 4.78 is 10.1. The summed E-state index contributed by atoms with van der Waals surface area (Å²) in [5.41, 5.74) is -0.685. The Balaban J connectivity index is 1.87. The van der Waals surface area contributed by atoms with Crippen molar-refractivity contribution in [2.24, 2.45) is 5.92 Å². The molecule has 4 atom stereocenters. The molecule has 2 aliphatic rings. The van der Waals surface area contributed by atoms with Gasteiger partial charge in [0, 0.05) is 12.3 Å². The second kappa shape index (κ2) is 6.92. The zero-order valence-electron chi connectivity index (χ0n) is 14.6. The van der Waals surface area contributed by atoms with Gasteiger partial charge < -0.3 is 14.6 Å². The Morgan fingerprint density at radius 3 is 2.65 bits per heavy atom. The van der Waals surface area contributed by atoms with Crippen molar-refractivity contribution in [3.05, 3.63) is 48.0 Å². The van der Waals surface area contributed by atoms with Crippen molar-refractivity contribution in [2.45, 2.75) is 37.6 Å². The van der Waals surface area contributed by atoms with Gasteiger partial charge in [0.2, 0.25) is 0 Å². The SMILES string of the molecule is COC(=O)[C@@H]1C[C@@]2(O)C=CC(=O)[C@H](C)[C@H]2N1C(=O)OCc1ccccc1. The highest BCUT2D eigenvalue weighted by molar-refractivity contribution is 5.95. The van der Waals surface area contributed by atoms with E-state index in [0.717, 1.165) is 10.5 Å². The number of methoxy groups -OCH3 is 1. The summed E-state index contributed by atoms with van der Waals surface area (Å²) in [6.45, 7) is 1.64. The summed E-state index contributed by atoms with van der Waals surface area (Å²) in [7, 11) is 1.21. The Morgan fingerprint density at radius 1 is 1.31 bits per heavy atom. The third-order valence-electron chi connectivity index (χ3n) is 5.02. The molecular weight excluding hydrogens is 338 g/mol. The average molecular weight is 359 g/mol. The molecule has 7 nitrogen and oxygen atoms in total. The summed E-state index contributed by atoms with van der Waals surface area (Å²) in [5, 5.41) is 10.9. The monoisotopic (exact) mass is 359 g/mol. The number of ketones is 1. The number of hydrogen-bond donors (Lipinski definition) is 1. The number of nitrogens with zero attached hydrogens (tertiary/aromatic N) is 1. The van der Waals surface area contributed by atoms with Gasteiger partial charge in [-0.3, -0.25) is 9.69 Å². The molecule has 1 aliphatic heterocycles. The number of aliphatic hydroxyl groups is 1. The fourth-order valence-corrected chi connectivity index (χ4v) is 3.71. The van der Waals surface area contributed by atoms with Gasteiger partial charge in [0.1, 0.15) is 18.2 Å².